The first-order valence-corrected chi connectivity index (χ1v) is 5.01. The number of nitrogens with two attached hydrogens (primary N) is 1. The minimum absolute atomic E-state index is 0.202. The Labute approximate surface area is 78.5 Å². The fraction of sp³-hybridized carbons (Fsp3) is 0.889. The van der Waals surface area contributed by atoms with Crippen LogP contribution in [0.5, 0.6) is 0 Å². The average molecular weight is 183 g/mol. The second-order valence-corrected chi connectivity index (χ2v) is 4.17. The number of amides is 2. The maximum absolute atomic E-state index is 10.9. The highest BCUT2D eigenvalue weighted by molar-refractivity contribution is 5.72. The lowest BCUT2D eigenvalue weighted by atomic mass is 9.88. The molecule has 2 aliphatic heterocycles. The van der Waals surface area contributed by atoms with Crippen molar-refractivity contribution in [3.63, 3.8) is 0 Å². The summed E-state index contributed by atoms with van der Waals surface area (Å²) in [5.41, 5.74) is 5.45. The molecule has 2 fully saturated rings. The predicted octanol–water partition coefficient (Wildman–Crippen LogP) is 0.283. The van der Waals surface area contributed by atoms with Crippen molar-refractivity contribution >= 4 is 6.03 Å². The minimum atomic E-state index is -0.274. The number of nitrogens with one attached hydrogen (secondary N) is 1. The Morgan fingerprint density at radius 2 is 2.23 bits per heavy atom. The van der Waals surface area contributed by atoms with Crippen LogP contribution in [0.3, 0.4) is 0 Å². The normalized spacial score (nSPS) is 34.0. The van der Waals surface area contributed by atoms with E-state index >= 15 is 0 Å². The van der Waals surface area contributed by atoms with Crippen LogP contribution < -0.4 is 11.1 Å². The van der Waals surface area contributed by atoms with Gasteiger partial charge in [-0.3, -0.25) is 0 Å². The zero-order valence-corrected chi connectivity index (χ0v) is 7.88. The molecule has 13 heavy (non-hydrogen) atoms. The van der Waals surface area contributed by atoms with Gasteiger partial charge in [-0.15, -0.1) is 0 Å². The molecule has 0 aromatic rings. The molecule has 0 aliphatic carbocycles. The van der Waals surface area contributed by atoms with Crippen molar-refractivity contribution in [2.24, 2.45) is 5.73 Å². The van der Waals surface area contributed by atoms with Crippen LogP contribution in [-0.2, 0) is 0 Å². The summed E-state index contributed by atoms with van der Waals surface area (Å²) in [6, 6.07) is -0.274. The fourth-order valence-corrected chi connectivity index (χ4v) is 2.44. The van der Waals surface area contributed by atoms with E-state index in [9.17, 15) is 4.79 Å². The van der Waals surface area contributed by atoms with Gasteiger partial charge in [-0.2, -0.15) is 0 Å². The van der Waals surface area contributed by atoms with Gasteiger partial charge in [-0.25, -0.2) is 4.79 Å². The molecular formula is C9H17N3O. The van der Waals surface area contributed by atoms with Crippen molar-refractivity contribution in [2.75, 3.05) is 19.6 Å². The molecule has 0 aromatic carbocycles. The molecule has 0 saturated carbocycles. The first kappa shape index (κ1) is 8.81. The molecular weight excluding hydrogens is 166 g/mol. The van der Waals surface area contributed by atoms with Gasteiger partial charge >= 0.3 is 6.03 Å². The molecule has 74 valence electrons. The number of urea groups is 1. The number of primary amides is 1. The summed E-state index contributed by atoms with van der Waals surface area (Å²) in [6.07, 6.45) is 4.80. The molecule has 2 rings (SSSR count). The van der Waals surface area contributed by atoms with E-state index in [0.29, 0.717) is 0 Å². The molecule has 4 nitrogen and oxygen atoms in total. The van der Waals surface area contributed by atoms with E-state index in [1.165, 1.54) is 19.3 Å². The molecule has 2 saturated heterocycles. The third kappa shape index (κ3) is 1.63. The number of likely N-dealkylation sites (tertiary alicyclic amines) is 1. The number of carbonyl (C=O) groups excluding carboxylic acids is 1. The molecule has 1 spiro atoms. The standard InChI is InChI=1S/C9H17N3O/c10-8(13)12-6-4-9(7-12)3-1-2-5-11-9/h11H,1-7H2,(H2,10,13). The Morgan fingerprint density at radius 1 is 1.38 bits per heavy atom. The Morgan fingerprint density at radius 3 is 2.77 bits per heavy atom. The van der Waals surface area contributed by atoms with Crippen LogP contribution in [0.2, 0.25) is 0 Å². The number of carbonyl (C=O) groups is 1. The summed E-state index contributed by atoms with van der Waals surface area (Å²) >= 11 is 0. The average Bonchev–Trinajstić information content (AvgIpc) is 2.51. The van der Waals surface area contributed by atoms with E-state index in [1.807, 2.05) is 0 Å². The maximum atomic E-state index is 10.9. The Bertz CT molecular complexity index is 211. The Hall–Kier alpha value is -0.770. The molecule has 2 amide bonds. The SMILES string of the molecule is NC(=O)N1CCC2(CCCCN2)C1. The van der Waals surface area contributed by atoms with Crippen molar-refractivity contribution in [2.45, 2.75) is 31.2 Å². The van der Waals surface area contributed by atoms with Gasteiger partial charge < -0.3 is 16.0 Å². The Kier molecular flexibility index (Phi) is 2.15. The van der Waals surface area contributed by atoms with Crippen LogP contribution >= 0.6 is 0 Å². The minimum Gasteiger partial charge on any atom is -0.351 e. The monoisotopic (exact) mass is 183 g/mol. The quantitative estimate of drug-likeness (QED) is 0.567. The predicted molar refractivity (Wildman–Crippen MR) is 50.4 cm³/mol. The van der Waals surface area contributed by atoms with Gasteiger partial charge in [0.2, 0.25) is 0 Å². The lowest BCUT2D eigenvalue weighted by Gasteiger charge is -2.34. The van der Waals surface area contributed by atoms with E-state index < -0.39 is 0 Å². The topological polar surface area (TPSA) is 58.4 Å². The zero-order valence-electron chi connectivity index (χ0n) is 7.88. The molecule has 0 bridgehead atoms. The largest absolute Gasteiger partial charge is 0.351 e. The van der Waals surface area contributed by atoms with Gasteiger partial charge in [0.25, 0.3) is 0 Å². The highest BCUT2D eigenvalue weighted by atomic mass is 16.2. The van der Waals surface area contributed by atoms with Gasteiger partial charge in [0, 0.05) is 18.6 Å². The Balaban J connectivity index is 1.98. The first-order valence-electron chi connectivity index (χ1n) is 5.01. The van der Waals surface area contributed by atoms with Crippen LogP contribution in [0.1, 0.15) is 25.7 Å². The molecule has 4 heteroatoms. The third-order valence-electron chi connectivity index (χ3n) is 3.25. The summed E-state index contributed by atoms with van der Waals surface area (Å²) in [4.78, 5) is 12.7. The second-order valence-electron chi connectivity index (χ2n) is 4.17. The van der Waals surface area contributed by atoms with Gasteiger partial charge in [0.05, 0.1) is 0 Å². The molecule has 0 aromatic heterocycles. The van der Waals surface area contributed by atoms with Crippen molar-refractivity contribution < 1.29 is 4.79 Å². The van der Waals surface area contributed by atoms with Crippen LogP contribution in [-0.4, -0.2) is 36.1 Å². The van der Waals surface area contributed by atoms with E-state index in [-0.39, 0.29) is 11.6 Å². The molecule has 0 radical (unpaired) electrons. The molecule has 3 N–H and O–H groups in total. The number of piperidine rings is 1. The van der Waals surface area contributed by atoms with Crippen LogP contribution in [0, 0.1) is 0 Å². The summed E-state index contributed by atoms with van der Waals surface area (Å²) < 4.78 is 0. The summed E-state index contributed by atoms with van der Waals surface area (Å²) in [6.45, 7) is 2.72. The van der Waals surface area contributed by atoms with Crippen molar-refractivity contribution in [1.29, 1.82) is 0 Å². The molecule has 2 aliphatic rings. The van der Waals surface area contributed by atoms with E-state index in [0.717, 1.165) is 26.1 Å². The van der Waals surface area contributed by atoms with Crippen LogP contribution in [0.15, 0.2) is 0 Å². The van der Waals surface area contributed by atoms with E-state index in [1.54, 1.807) is 4.90 Å². The van der Waals surface area contributed by atoms with Gasteiger partial charge in [-0.1, -0.05) is 6.42 Å². The highest BCUT2D eigenvalue weighted by Crippen LogP contribution is 2.29. The first-order chi connectivity index (χ1) is 6.22. The van der Waals surface area contributed by atoms with E-state index in [4.69, 9.17) is 5.73 Å². The van der Waals surface area contributed by atoms with Crippen molar-refractivity contribution in [1.82, 2.24) is 10.2 Å². The van der Waals surface area contributed by atoms with Crippen LogP contribution in [0.25, 0.3) is 0 Å². The smallest absolute Gasteiger partial charge is 0.314 e. The lowest BCUT2D eigenvalue weighted by Crippen LogP contribution is -2.51. The molecule has 1 atom stereocenters. The summed E-state index contributed by atoms with van der Waals surface area (Å²) in [5, 5.41) is 3.53. The number of rotatable bonds is 0. The fourth-order valence-electron chi connectivity index (χ4n) is 2.44. The number of nitrogens with zero attached hydrogens (tertiary/aromatic N) is 1. The van der Waals surface area contributed by atoms with Gasteiger partial charge in [0.15, 0.2) is 0 Å². The second kappa shape index (κ2) is 3.18. The van der Waals surface area contributed by atoms with Crippen molar-refractivity contribution in [3.8, 4) is 0 Å². The summed E-state index contributed by atoms with van der Waals surface area (Å²) in [5.74, 6) is 0. The van der Waals surface area contributed by atoms with E-state index in [2.05, 4.69) is 5.32 Å². The van der Waals surface area contributed by atoms with Gasteiger partial charge in [0.1, 0.15) is 0 Å². The zero-order chi connectivity index (χ0) is 9.31. The lowest BCUT2D eigenvalue weighted by molar-refractivity contribution is 0.206. The molecule has 2 heterocycles. The molecule has 1 unspecified atom stereocenters. The highest BCUT2D eigenvalue weighted by Gasteiger charge is 2.39. The van der Waals surface area contributed by atoms with Crippen molar-refractivity contribution in [3.05, 3.63) is 0 Å². The number of hydrogen-bond donors (Lipinski definition) is 2. The van der Waals surface area contributed by atoms with Crippen LogP contribution in [0.4, 0.5) is 4.79 Å². The number of hydrogen-bond acceptors (Lipinski definition) is 2. The maximum Gasteiger partial charge on any atom is 0.314 e. The van der Waals surface area contributed by atoms with Gasteiger partial charge in [-0.05, 0) is 25.8 Å². The third-order valence-corrected chi connectivity index (χ3v) is 3.25. The summed E-state index contributed by atoms with van der Waals surface area (Å²) in [7, 11) is 0.